The van der Waals surface area contributed by atoms with Gasteiger partial charge in [0, 0.05) is 34.8 Å². The van der Waals surface area contributed by atoms with Gasteiger partial charge in [0.05, 0.1) is 40.2 Å². The fourth-order valence-corrected chi connectivity index (χ4v) is 5.86. The molecule has 0 aromatic carbocycles. The van der Waals surface area contributed by atoms with Crippen molar-refractivity contribution in [3.05, 3.63) is 59.6 Å². The molecule has 0 bridgehead atoms. The molecule has 6 aromatic rings. The fraction of sp³-hybridized carbons (Fsp3) is 0.222. The van der Waals surface area contributed by atoms with Crippen molar-refractivity contribution in [1.29, 1.82) is 0 Å². The number of imidazole rings is 1. The topological polar surface area (TPSA) is 128 Å². The average Bonchev–Trinajstić information content (AvgIpc) is 3.74. The van der Waals surface area contributed by atoms with Gasteiger partial charge >= 0.3 is 0 Å². The number of anilines is 1. The Kier molecular flexibility index (Phi) is 5.59. The maximum absolute atomic E-state index is 16.1. The number of hydrogen-bond acceptors (Lipinski definition) is 8. The molecule has 190 valence electrons. The predicted octanol–water partition coefficient (Wildman–Crippen LogP) is 5.75. The van der Waals surface area contributed by atoms with Crippen LogP contribution >= 0.6 is 11.3 Å². The summed E-state index contributed by atoms with van der Waals surface area (Å²) in [7, 11) is 0. The number of fused-ring (bicyclic) bond motifs is 2. The van der Waals surface area contributed by atoms with E-state index in [1.54, 1.807) is 42.2 Å². The molecule has 9 nitrogen and oxygen atoms in total. The first-order chi connectivity index (χ1) is 18.7. The van der Waals surface area contributed by atoms with E-state index >= 15 is 4.39 Å². The number of nitrogens with one attached hydrogen (secondary N) is 3. The molecule has 1 aliphatic rings. The summed E-state index contributed by atoms with van der Waals surface area (Å²) in [4.78, 5) is 21.2. The van der Waals surface area contributed by atoms with E-state index < -0.39 is 12.0 Å². The van der Waals surface area contributed by atoms with Crippen LogP contribution in [-0.2, 0) is 0 Å². The molecule has 1 aliphatic carbocycles. The van der Waals surface area contributed by atoms with Crippen molar-refractivity contribution >= 4 is 39.0 Å². The van der Waals surface area contributed by atoms with Gasteiger partial charge in [0.25, 0.3) is 0 Å². The van der Waals surface area contributed by atoms with E-state index in [1.807, 2.05) is 22.9 Å². The molecule has 1 fully saturated rings. The summed E-state index contributed by atoms with van der Waals surface area (Å²) >= 11 is 1.59. The monoisotopic (exact) mass is 526 g/mol. The van der Waals surface area contributed by atoms with Crippen molar-refractivity contribution < 1.29 is 9.50 Å². The third-order valence-corrected chi connectivity index (χ3v) is 7.82. The lowest BCUT2D eigenvalue weighted by molar-refractivity contribution is 0.137. The van der Waals surface area contributed by atoms with Crippen LogP contribution in [0, 0.1) is 11.7 Å². The van der Waals surface area contributed by atoms with Crippen LogP contribution in [0.5, 0.6) is 0 Å². The number of halogens is 1. The lowest BCUT2D eigenvalue weighted by Gasteiger charge is -2.20. The lowest BCUT2D eigenvalue weighted by atomic mass is 10.1. The normalized spacial score (nSPS) is 15.0. The Labute approximate surface area is 220 Å². The fourth-order valence-electron chi connectivity index (χ4n) is 5.22. The molecule has 4 N–H and O–H groups in total. The van der Waals surface area contributed by atoms with Gasteiger partial charge in [-0.1, -0.05) is 12.8 Å². The van der Waals surface area contributed by atoms with Crippen molar-refractivity contribution in [2.24, 2.45) is 5.92 Å². The summed E-state index contributed by atoms with van der Waals surface area (Å²) in [6, 6.07) is 5.58. The van der Waals surface area contributed by atoms with E-state index in [0.717, 1.165) is 42.5 Å². The minimum atomic E-state index is -0.670. The smallest absolute Gasteiger partial charge is 0.161 e. The highest BCUT2D eigenvalue weighted by atomic mass is 32.1. The molecule has 0 amide bonds. The van der Waals surface area contributed by atoms with E-state index in [0.29, 0.717) is 33.8 Å². The zero-order valence-electron chi connectivity index (χ0n) is 20.1. The highest BCUT2D eigenvalue weighted by molar-refractivity contribution is 7.08. The molecule has 38 heavy (non-hydrogen) atoms. The van der Waals surface area contributed by atoms with E-state index in [4.69, 9.17) is 4.98 Å². The number of aliphatic hydroxyl groups is 1. The molecule has 1 saturated carbocycles. The Bertz CT molecular complexity index is 1760. The third kappa shape index (κ3) is 3.91. The molecular formula is C27H23FN8OS. The summed E-state index contributed by atoms with van der Waals surface area (Å²) in [5, 5.41) is 25.2. The number of pyridine rings is 3. The van der Waals surface area contributed by atoms with Crippen molar-refractivity contribution in [3.8, 4) is 34.0 Å². The van der Waals surface area contributed by atoms with Crippen LogP contribution in [0.1, 0.15) is 25.7 Å². The lowest BCUT2D eigenvalue weighted by Crippen LogP contribution is -2.26. The van der Waals surface area contributed by atoms with Crippen LogP contribution in [0.2, 0.25) is 0 Å². The zero-order chi connectivity index (χ0) is 25.6. The van der Waals surface area contributed by atoms with Crippen molar-refractivity contribution in [2.75, 3.05) is 5.32 Å². The first kappa shape index (κ1) is 22.9. The molecule has 0 radical (unpaired) electrons. The van der Waals surface area contributed by atoms with E-state index in [9.17, 15) is 5.11 Å². The van der Waals surface area contributed by atoms with E-state index in [-0.39, 0.29) is 17.0 Å². The zero-order valence-corrected chi connectivity index (χ0v) is 21.0. The summed E-state index contributed by atoms with van der Waals surface area (Å²) < 4.78 is 16.1. The highest BCUT2D eigenvalue weighted by Crippen LogP contribution is 2.35. The number of aromatic nitrogens is 7. The van der Waals surface area contributed by atoms with E-state index in [1.165, 1.54) is 0 Å². The molecule has 1 unspecified atom stereocenters. The number of thiophene rings is 1. The molecule has 0 saturated heterocycles. The van der Waals surface area contributed by atoms with Crippen LogP contribution in [0.15, 0.2) is 53.7 Å². The Morgan fingerprint density at radius 2 is 1.92 bits per heavy atom. The number of rotatable bonds is 6. The Hall–Kier alpha value is -4.22. The maximum Gasteiger partial charge on any atom is 0.161 e. The van der Waals surface area contributed by atoms with Gasteiger partial charge in [-0.2, -0.15) is 16.4 Å². The van der Waals surface area contributed by atoms with Crippen molar-refractivity contribution in [2.45, 2.75) is 31.9 Å². The quantitative estimate of drug-likeness (QED) is 0.204. The Balaban J connectivity index is 1.28. The number of nitrogens with zero attached hydrogens (tertiary/aromatic N) is 5. The summed E-state index contributed by atoms with van der Waals surface area (Å²) in [6.07, 6.45) is 10.0. The van der Waals surface area contributed by atoms with Gasteiger partial charge < -0.3 is 15.4 Å². The van der Waals surface area contributed by atoms with Crippen LogP contribution in [0.4, 0.5) is 10.1 Å². The second-order valence-electron chi connectivity index (χ2n) is 9.53. The molecule has 7 rings (SSSR count). The molecule has 1 atom stereocenters. The van der Waals surface area contributed by atoms with Crippen molar-refractivity contribution in [1.82, 2.24) is 35.1 Å². The van der Waals surface area contributed by atoms with Gasteiger partial charge in [-0.15, -0.1) is 0 Å². The van der Waals surface area contributed by atoms with Crippen LogP contribution in [-0.4, -0.2) is 46.5 Å². The van der Waals surface area contributed by atoms with Crippen LogP contribution in [0.3, 0.4) is 0 Å². The molecule has 6 heterocycles. The second kappa shape index (κ2) is 9.26. The maximum atomic E-state index is 16.1. The standard InChI is InChI=1S/C27H23FN8OS/c28-21-20-19(12-31-22(21)16-9-17(11-29-10-16)32-27(37)14-3-1-2-4-14)35-36-25(20)26-33-18-5-7-30-23(24(18)34-26)15-6-8-38-13-15/h5-14,27,32,37H,1-4H2,(H,33,34)(H,35,36). The third-order valence-electron chi connectivity index (χ3n) is 7.14. The van der Waals surface area contributed by atoms with Crippen LogP contribution in [0.25, 0.3) is 56.0 Å². The number of aromatic amines is 2. The molecule has 0 spiro atoms. The predicted molar refractivity (Wildman–Crippen MR) is 145 cm³/mol. The second-order valence-corrected chi connectivity index (χ2v) is 10.3. The van der Waals surface area contributed by atoms with Crippen LogP contribution < -0.4 is 5.32 Å². The van der Waals surface area contributed by atoms with E-state index in [2.05, 4.69) is 35.5 Å². The van der Waals surface area contributed by atoms with Gasteiger partial charge in [-0.3, -0.25) is 20.1 Å². The van der Waals surface area contributed by atoms with Gasteiger partial charge in [-0.25, -0.2) is 9.37 Å². The summed E-state index contributed by atoms with van der Waals surface area (Å²) in [5.41, 5.74) is 5.26. The molecular weight excluding hydrogens is 503 g/mol. The minimum absolute atomic E-state index is 0.142. The van der Waals surface area contributed by atoms with Gasteiger partial charge in [0.1, 0.15) is 23.1 Å². The largest absolute Gasteiger partial charge is 0.374 e. The highest BCUT2D eigenvalue weighted by Gasteiger charge is 2.24. The van der Waals surface area contributed by atoms with Gasteiger partial charge in [-0.05, 0) is 36.4 Å². The Morgan fingerprint density at radius 1 is 1.03 bits per heavy atom. The summed E-state index contributed by atoms with van der Waals surface area (Å²) in [5.74, 6) is 0.107. The molecule has 6 aromatic heterocycles. The first-order valence-corrected chi connectivity index (χ1v) is 13.4. The van der Waals surface area contributed by atoms with Gasteiger partial charge in [0.15, 0.2) is 11.6 Å². The Morgan fingerprint density at radius 3 is 2.76 bits per heavy atom. The SMILES string of the molecule is OC(Nc1cncc(-c2ncc3[nH]nc(-c4nc5c(-c6ccsc6)nccc5[nH]4)c3c2F)c1)C1CCCC1. The number of hydrogen-bond donors (Lipinski definition) is 4. The molecule has 11 heteroatoms. The number of H-pyrrole nitrogens is 2. The molecule has 0 aliphatic heterocycles. The van der Waals surface area contributed by atoms with Crippen molar-refractivity contribution in [3.63, 3.8) is 0 Å². The number of aliphatic hydroxyl groups excluding tert-OH is 1. The average molecular weight is 527 g/mol. The first-order valence-electron chi connectivity index (χ1n) is 12.5. The minimum Gasteiger partial charge on any atom is -0.374 e. The summed E-state index contributed by atoms with van der Waals surface area (Å²) in [6.45, 7) is 0. The van der Waals surface area contributed by atoms with Gasteiger partial charge in [0.2, 0.25) is 0 Å².